The van der Waals surface area contributed by atoms with Gasteiger partial charge in [0.25, 0.3) is 0 Å². The number of aliphatic imine (C=N–C) groups is 1. The molecule has 29 heavy (non-hydrogen) atoms. The van der Waals surface area contributed by atoms with E-state index < -0.39 is 0 Å². The molecule has 0 spiro atoms. The van der Waals surface area contributed by atoms with Crippen molar-refractivity contribution < 1.29 is 0 Å². The van der Waals surface area contributed by atoms with Crippen molar-refractivity contribution in [3.63, 3.8) is 0 Å². The molecule has 1 aromatic heterocycles. The highest BCUT2D eigenvalue weighted by atomic mass is 32.1. The van der Waals surface area contributed by atoms with Gasteiger partial charge in [-0.25, -0.2) is 4.99 Å². The summed E-state index contributed by atoms with van der Waals surface area (Å²) >= 11 is 1.73. The molecule has 2 heterocycles. The third-order valence-corrected chi connectivity index (χ3v) is 7.79. The molecule has 4 heteroatoms. The second-order valence-electron chi connectivity index (χ2n) is 9.59. The smallest absolute Gasteiger partial charge is 0.134 e. The number of thiophene rings is 1. The van der Waals surface area contributed by atoms with Crippen molar-refractivity contribution in [3.8, 4) is 6.07 Å². The van der Waals surface area contributed by atoms with Gasteiger partial charge in [-0.3, -0.25) is 0 Å². The van der Waals surface area contributed by atoms with Crippen molar-refractivity contribution in [2.24, 2.45) is 16.3 Å². The van der Waals surface area contributed by atoms with E-state index in [9.17, 15) is 5.26 Å². The summed E-state index contributed by atoms with van der Waals surface area (Å²) in [4.78, 5) is 8.62. The van der Waals surface area contributed by atoms with Gasteiger partial charge >= 0.3 is 0 Å². The summed E-state index contributed by atoms with van der Waals surface area (Å²) < 4.78 is 0. The van der Waals surface area contributed by atoms with Crippen molar-refractivity contribution in [1.29, 1.82) is 5.26 Å². The number of aryl methyl sites for hydroxylation is 1. The van der Waals surface area contributed by atoms with Gasteiger partial charge in [0.1, 0.15) is 11.1 Å². The average molecular weight is 406 g/mol. The lowest BCUT2D eigenvalue weighted by Crippen LogP contribution is -2.26. The van der Waals surface area contributed by atoms with Crippen LogP contribution < -0.4 is 4.90 Å². The van der Waals surface area contributed by atoms with Crippen LogP contribution in [-0.4, -0.2) is 19.3 Å². The zero-order valence-electron chi connectivity index (χ0n) is 18.1. The van der Waals surface area contributed by atoms with Gasteiger partial charge in [0.05, 0.1) is 5.56 Å². The first-order valence-electron chi connectivity index (χ1n) is 10.8. The first-order chi connectivity index (χ1) is 13.9. The Labute approximate surface area is 179 Å². The molecule has 1 saturated heterocycles. The number of fused-ring (bicyclic) bond motifs is 1. The topological polar surface area (TPSA) is 39.4 Å². The monoisotopic (exact) mass is 405 g/mol. The van der Waals surface area contributed by atoms with Crippen LogP contribution in [0.2, 0.25) is 0 Å². The van der Waals surface area contributed by atoms with Gasteiger partial charge in [0.2, 0.25) is 0 Å². The van der Waals surface area contributed by atoms with Gasteiger partial charge in [-0.2, -0.15) is 5.26 Å². The summed E-state index contributed by atoms with van der Waals surface area (Å²) in [6, 6.07) is 9.09. The molecule has 0 N–H and O–H groups in total. The third-order valence-electron chi connectivity index (χ3n) is 6.63. The highest BCUT2D eigenvalue weighted by Crippen LogP contribution is 2.44. The number of hydrogen-bond acceptors (Lipinski definition) is 4. The fourth-order valence-electron chi connectivity index (χ4n) is 4.62. The van der Waals surface area contributed by atoms with Crippen molar-refractivity contribution in [3.05, 3.63) is 45.3 Å². The van der Waals surface area contributed by atoms with Gasteiger partial charge in [0, 0.05) is 29.9 Å². The molecule has 1 aliphatic carbocycles. The summed E-state index contributed by atoms with van der Waals surface area (Å²) in [5, 5.41) is 10.7. The maximum absolute atomic E-state index is 9.78. The number of benzene rings is 1. The summed E-state index contributed by atoms with van der Waals surface area (Å²) in [6.45, 7) is 11.5. The zero-order valence-corrected chi connectivity index (χ0v) is 18.9. The molecule has 0 unspecified atom stereocenters. The summed E-state index contributed by atoms with van der Waals surface area (Å²) in [5.41, 5.74) is 6.06. The van der Waals surface area contributed by atoms with Crippen LogP contribution in [0.15, 0.2) is 23.2 Å². The van der Waals surface area contributed by atoms with Gasteiger partial charge in [-0.15, -0.1) is 11.3 Å². The van der Waals surface area contributed by atoms with Crippen LogP contribution in [0.3, 0.4) is 0 Å². The highest BCUT2D eigenvalue weighted by molar-refractivity contribution is 7.16. The van der Waals surface area contributed by atoms with Crippen molar-refractivity contribution in [2.45, 2.75) is 59.8 Å². The lowest BCUT2D eigenvalue weighted by Gasteiger charge is -2.33. The Kier molecular flexibility index (Phi) is 5.53. The van der Waals surface area contributed by atoms with Crippen molar-refractivity contribution in [1.82, 2.24) is 0 Å². The number of hydrogen-bond donors (Lipinski definition) is 0. The molecule has 4 rings (SSSR count). The second-order valence-corrected chi connectivity index (χ2v) is 10.7. The standard InChI is InChI=1S/C25H31N3S/c1-17-13-20(28-11-5-6-12-28)9-7-18(17)16-27-24-22(15-26)21-10-8-19(25(2,3)4)14-23(21)29-24/h7,9,13,16,19H,5-6,8,10-12,14H2,1-4H3/t19-/m0/s1. The fourth-order valence-corrected chi connectivity index (χ4v) is 5.84. The fraction of sp³-hybridized carbons (Fsp3) is 0.520. The minimum Gasteiger partial charge on any atom is -0.372 e. The molecule has 1 aromatic carbocycles. The third kappa shape index (κ3) is 4.12. The number of anilines is 1. The average Bonchev–Trinajstić information content (AvgIpc) is 3.33. The molecule has 1 aliphatic heterocycles. The Hall–Kier alpha value is -2.12. The first-order valence-corrected chi connectivity index (χ1v) is 11.6. The molecule has 152 valence electrons. The molecule has 0 saturated carbocycles. The molecular weight excluding hydrogens is 374 g/mol. The first kappa shape index (κ1) is 20.2. The van der Waals surface area contributed by atoms with E-state index in [1.165, 1.54) is 41.0 Å². The molecular formula is C25H31N3S. The van der Waals surface area contributed by atoms with Gasteiger partial charge < -0.3 is 4.90 Å². The van der Waals surface area contributed by atoms with E-state index in [1.807, 2.05) is 6.21 Å². The van der Waals surface area contributed by atoms with E-state index in [1.54, 1.807) is 11.3 Å². The SMILES string of the molecule is Cc1cc(N2CCCC2)ccc1C=Nc1sc2c(c1C#N)CC[C@H](C(C)(C)C)C2. The Balaban J connectivity index is 1.58. The van der Waals surface area contributed by atoms with Crippen LogP contribution in [0.5, 0.6) is 0 Å². The minimum atomic E-state index is 0.312. The maximum Gasteiger partial charge on any atom is 0.134 e. The molecule has 1 atom stereocenters. The van der Waals surface area contributed by atoms with Crippen molar-refractivity contribution >= 4 is 28.2 Å². The Morgan fingerprint density at radius 3 is 2.66 bits per heavy atom. The van der Waals surface area contributed by atoms with Gasteiger partial charge in [-0.1, -0.05) is 26.8 Å². The van der Waals surface area contributed by atoms with E-state index in [-0.39, 0.29) is 0 Å². The van der Waals surface area contributed by atoms with E-state index in [0.29, 0.717) is 11.3 Å². The second kappa shape index (κ2) is 7.95. The molecule has 0 amide bonds. The molecule has 0 bridgehead atoms. The van der Waals surface area contributed by atoms with Crippen LogP contribution in [0.1, 0.15) is 67.2 Å². The van der Waals surface area contributed by atoms with Crippen LogP contribution in [-0.2, 0) is 12.8 Å². The predicted octanol–water partition coefficient (Wildman–Crippen LogP) is 6.43. The van der Waals surface area contributed by atoms with Crippen LogP contribution in [0.4, 0.5) is 10.7 Å². The number of rotatable bonds is 3. The lowest BCUT2D eigenvalue weighted by molar-refractivity contribution is 0.218. The summed E-state index contributed by atoms with van der Waals surface area (Å²) in [7, 11) is 0. The number of nitriles is 1. The van der Waals surface area contributed by atoms with Crippen LogP contribution in [0, 0.1) is 29.6 Å². The quantitative estimate of drug-likeness (QED) is 0.552. The van der Waals surface area contributed by atoms with Crippen molar-refractivity contribution in [2.75, 3.05) is 18.0 Å². The zero-order chi connectivity index (χ0) is 20.6. The van der Waals surface area contributed by atoms with Gasteiger partial charge in [0.15, 0.2) is 0 Å². The predicted molar refractivity (Wildman–Crippen MR) is 124 cm³/mol. The van der Waals surface area contributed by atoms with E-state index in [0.717, 1.165) is 42.1 Å². The Morgan fingerprint density at radius 2 is 2.00 bits per heavy atom. The summed E-state index contributed by atoms with van der Waals surface area (Å²) in [6.07, 6.45) is 7.79. The molecule has 0 radical (unpaired) electrons. The summed E-state index contributed by atoms with van der Waals surface area (Å²) in [5.74, 6) is 0.678. The molecule has 2 aliphatic rings. The minimum absolute atomic E-state index is 0.312. The lowest BCUT2D eigenvalue weighted by atomic mass is 9.72. The van der Waals surface area contributed by atoms with E-state index >= 15 is 0 Å². The molecule has 1 fully saturated rings. The number of nitrogens with zero attached hydrogens (tertiary/aromatic N) is 3. The maximum atomic E-state index is 9.78. The Morgan fingerprint density at radius 1 is 1.24 bits per heavy atom. The molecule has 2 aromatic rings. The van der Waals surface area contributed by atoms with E-state index in [2.05, 4.69) is 56.9 Å². The van der Waals surface area contributed by atoms with Crippen LogP contribution in [0.25, 0.3) is 0 Å². The highest BCUT2D eigenvalue weighted by Gasteiger charge is 2.32. The normalized spacial score (nSPS) is 19.6. The molecule has 3 nitrogen and oxygen atoms in total. The van der Waals surface area contributed by atoms with E-state index in [4.69, 9.17) is 4.99 Å². The van der Waals surface area contributed by atoms with Crippen LogP contribution >= 0.6 is 11.3 Å². The largest absolute Gasteiger partial charge is 0.372 e. The van der Waals surface area contributed by atoms with Gasteiger partial charge in [-0.05, 0) is 79.2 Å². The Bertz CT molecular complexity index is 965.